The van der Waals surface area contributed by atoms with Crippen LogP contribution in [0.2, 0.25) is 0 Å². The zero-order valence-corrected chi connectivity index (χ0v) is 14.7. The Morgan fingerprint density at radius 3 is 3.11 bits per heavy atom. The molecule has 27 heavy (non-hydrogen) atoms. The van der Waals surface area contributed by atoms with Gasteiger partial charge in [-0.2, -0.15) is 4.98 Å². The van der Waals surface area contributed by atoms with Crippen molar-refractivity contribution in [2.45, 2.75) is 32.0 Å². The molecule has 138 valence electrons. The number of carbonyl (C=O) groups is 1. The summed E-state index contributed by atoms with van der Waals surface area (Å²) in [4.78, 5) is 27.9. The van der Waals surface area contributed by atoms with Gasteiger partial charge in [-0.15, -0.1) is 0 Å². The molecule has 1 N–H and O–H groups in total. The first kappa shape index (κ1) is 16.1. The molecule has 1 fully saturated rings. The van der Waals surface area contributed by atoms with Gasteiger partial charge in [0.05, 0.1) is 6.54 Å². The molecule has 1 saturated heterocycles. The third kappa shape index (κ3) is 2.89. The van der Waals surface area contributed by atoms with Gasteiger partial charge in [-0.25, -0.2) is 4.98 Å². The van der Waals surface area contributed by atoms with Crippen LogP contribution < -0.4 is 5.32 Å². The van der Waals surface area contributed by atoms with Crippen LogP contribution >= 0.6 is 0 Å². The second-order valence-electron chi connectivity index (χ2n) is 6.77. The van der Waals surface area contributed by atoms with Crippen LogP contribution in [0, 0.1) is 0 Å². The Balaban J connectivity index is 1.40. The number of nitrogens with one attached hydrogen (secondary N) is 1. The average molecular weight is 365 g/mol. The van der Waals surface area contributed by atoms with Crippen molar-refractivity contribution in [3.63, 3.8) is 0 Å². The molecule has 1 unspecified atom stereocenters. The van der Waals surface area contributed by atoms with E-state index in [1.165, 1.54) is 0 Å². The van der Waals surface area contributed by atoms with Gasteiger partial charge >= 0.3 is 0 Å². The number of hydrogen-bond acceptors (Lipinski definition) is 7. The maximum Gasteiger partial charge on any atom is 0.274 e. The van der Waals surface area contributed by atoms with Crippen molar-refractivity contribution in [2.24, 2.45) is 0 Å². The fourth-order valence-electron chi connectivity index (χ4n) is 3.69. The maximum absolute atomic E-state index is 13.1. The molecule has 0 aromatic carbocycles. The van der Waals surface area contributed by atoms with E-state index in [4.69, 9.17) is 4.52 Å². The molecule has 5 heterocycles. The minimum absolute atomic E-state index is 0.0828. The van der Waals surface area contributed by atoms with E-state index in [1.807, 2.05) is 22.9 Å². The van der Waals surface area contributed by atoms with Crippen molar-refractivity contribution < 1.29 is 9.32 Å². The first-order chi connectivity index (χ1) is 13.3. The van der Waals surface area contributed by atoms with Crippen LogP contribution in [0.3, 0.4) is 0 Å². The molecule has 0 bridgehead atoms. The first-order valence-corrected chi connectivity index (χ1v) is 9.11. The number of pyridine rings is 1. The number of carbonyl (C=O) groups excluding carboxylic acids is 1. The summed E-state index contributed by atoms with van der Waals surface area (Å²) in [5.41, 5.74) is 1.27. The highest BCUT2D eigenvalue weighted by Crippen LogP contribution is 2.33. The summed E-state index contributed by atoms with van der Waals surface area (Å²) in [7, 11) is 0. The summed E-state index contributed by atoms with van der Waals surface area (Å²) in [5, 5.41) is 7.33. The third-order valence-electron chi connectivity index (χ3n) is 5.05. The summed E-state index contributed by atoms with van der Waals surface area (Å²) in [5.74, 6) is 1.77. The molecular weight excluding hydrogens is 346 g/mol. The number of rotatable bonds is 3. The van der Waals surface area contributed by atoms with E-state index in [9.17, 15) is 4.79 Å². The van der Waals surface area contributed by atoms with Gasteiger partial charge in [-0.05, 0) is 25.0 Å². The Bertz CT molecular complexity index is 942. The van der Waals surface area contributed by atoms with Crippen molar-refractivity contribution >= 4 is 5.91 Å². The SMILES string of the molecule is O=C(c1cn2c(n1)CNCC2)N1CCCC1c1nc(-c2cccnc2)no1. The molecule has 0 saturated carbocycles. The standard InChI is InChI=1S/C18H19N7O2/c26-18(13-11-24-8-6-20-10-15(24)21-13)25-7-2-4-14(25)17-22-16(23-27-17)12-3-1-5-19-9-12/h1,3,5,9,11,14,20H,2,4,6-8,10H2. The van der Waals surface area contributed by atoms with E-state index in [-0.39, 0.29) is 11.9 Å². The Kier molecular flexibility index (Phi) is 3.93. The highest BCUT2D eigenvalue weighted by Gasteiger charge is 2.36. The number of imidazole rings is 1. The lowest BCUT2D eigenvalue weighted by molar-refractivity contribution is 0.0704. The normalized spacial score (nSPS) is 19.3. The molecule has 5 rings (SSSR count). The summed E-state index contributed by atoms with van der Waals surface area (Å²) >= 11 is 0. The van der Waals surface area contributed by atoms with Crippen molar-refractivity contribution in [2.75, 3.05) is 13.1 Å². The summed E-state index contributed by atoms with van der Waals surface area (Å²) in [6.45, 7) is 3.07. The van der Waals surface area contributed by atoms with Crippen LogP contribution in [-0.2, 0) is 13.1 Å². The molecule has 9 nitrogen and oxygen atoms in total. The van der Waals surface area contributed by atoms with Crippen LogP contribution in [0.15, 0.2) is 35.2 Å². The Labute approximate surface area is 155 Å². The summed E-state index contributed by atoms with van der Waals surface area (Å²) in [6, 6.07) is 3.49. The van der Waals surface area contributed by atoms with Crippen LogP contribution in [-0.4, -0.2) is 48.6 Å². The predicted molar refractivity (Wildman–Crippen MR) is 94.5 cm³/mol. The number of nitrogens with zero attached hydrogens (tertiary/aromatic N) is 6. The summed E-state index contributed by atoms with van der Waals surface area (Å²) in [6.07, 6.45) is 6.94. The number of likely N-dealkylation sites (tertiary alicyclic amines) is 1. The quantitative estimate of drug-likeness (QED) is 0.748. The van der Waals surface area contributed by atoms with Gasteiger partial charge in [-0.1, -0.05) is 5.16 Å². The second kappa shape index (κ2) is 6.58. The lowest BCUT2D eigenvalue weighted by atomic mass is 10.2. The topological polar surface area (TPSA) is 102 Å². The monoisotopic (exact) mass is 365 g/mol. The molecule has 3 aromatic rings. The molecule has 1 atom stereocenters. The van der Waals surface area contributed by atoms with E-state index >= 15 is 0 Å². The lowest BCUT2D eigenvalue weighted by Crippen LogP contribution is -2.31. The highest BCUT2D eigenvalue weighted by atomic mass is 16.5. The first-order valence-electron chi connectivity index (χ1n) is 9.11. The number of amides is 1. The molecule has 9 heteroatoms. The Morgan fingerprint density at radius 2 is 2.26 bits per heavy atom. The Morgan fingerprint density at radius 1 is 1.30 bits per heavy atom. The van der Waals surface area contributed by atoms with Crippen LogP contribution in [0.5, 0.6) is 0 Å². The predicted octanol–water partition coefficient (Wildman–Crippen LogP) is 1.41. The molecule has 0 aliphatic carbocycles. The number of fused-ring (bicyclic) bond motifs is 1. The fourth-order valence-corrected chi connectivity index (χ4v) is 3.69. The van der Waals surface area contributed by atoms with Crippen molar-refractivity contribution in [1.29, 1.82) is 0 Å². The van der Waals surface area contributed by atoms with Crippen molar-refractivity contribution in [3.8, 4) is 11.4 Å². The molecular formula is C18H19N7O2. The van der Waals surface area contributed by atoms with Crippen LogP contribution in [0.1, 0.15) is 41.1 Å². The fraction of sp³-hybridized carbons (Fsp3) is 0.389. The van der Waals surface area contributed by atoms with Gasteiger partial charge in [0.15, 0.2) is 0 Å². The molecule has 2 aliphatic heterocycles. The van der Waals surface area contributed by atoms with Gasteiger partial charge in [0, 0.05) is 43.8 Å². The van der Waals surface area contributed by atoms with Gasteiger partial charge < -0.3 is 19.3 Å². The average Bonchev–Trinajstić information content (AvgIpc) is 3.46. The highest BCUT2D eigenvalue weighted by molar-refractivity contribution is 5.92. The van der Waals surface area contributed by atoms with E-state index in [0.29, 0.717) is 30.5 Å². The molecule has 0 radical (unpaired) electrons. The van der Waals surface area contributed by atoms with Crippen molar-refractivity contribution in [1.82, 2.24) is 34.9 Å². The molecule has 0 spiro atoms. The molecule has 2 aliphatic rings. The van der Waals surface area contributed by atoms with Gasteiger partial charge in [-0.3, -0.25) is 9.78 Å². The van der Waals surface area contributed by atoms with Crippen LogP contribution in [0.25, 0.3) is 11.4 Å². The zero-order valence-electron chi connectivity index (χ0n) is 14.7. The third-order valence-corrected chi connectivity index (χ3v) is 5.05. The summed E-state index contributed by atoms with van der Waals surface area (Å²) < 4.78 is 7.53. The van der Waals surface area contributed by atoms with Gasteiger partial charge in [0.1, 0.15) is 17.6 Å². The minimum Gasteiger partial charge on any atom is -0.337 e. The number of aromatic nitrogens is 5. The molecule has 1 amide bonds. The van der Waals surface area contributed by atoms with E-state index in [0.717, 1.165) is 37.3 Å². The van der Waals surface area contributed by atoms with Gasteiger partial charge in [0.2, 0.25) is 11.7 Å². The van der Waals surface area contributed by atoms with E-state index in [1.54, 1.807) is 17.3 Å². The Hall–Kier alpha value is -3.07. The van der Waals surface area contributed by atoms with Crippen LogP contribution in [0.4, 0.5) is 0 Å². The largest absolute Gasteiger partial charge is 0.337 e. The smallest absolute Gasteiger partial charge is 0.274 e. The number of hydrogen-bond donors (Lipinski definition) is 1. The minimum atomic E-state index is -0.215. The zero-order chi connectivity index (χ0) is 18.2. The van der Waals surface area contributed by atoms with E-state index in [2.05, 4.69) is 25.4 Å². The van der Waals surface area contributed by atoms with E-state index < -0.39 is 0 Å². The van der Waals surface area contributed by atoms with Crippen molar-refractivity contribution in [3.05, 3.63) is 48.1 Å². The van der Waals surface area contributed by atoms with Gasteiger partial charge in [0.25, 0.3) is 5.91 Å². The second-order valence-corrected chi connectivity index (χ2v) is 6.77. The molecule has 3 aromatic heterocycles. The lowest BCUT2D eigenvalue weighted by Gasteiger charge is -2.20. The maximum atomic E-state index is 13.1.